The molecule has 1 aliphatic heterocycles. The van der Waals surface area contributed by atoms with E-state index in [-0.39, 0.29) is 0 Å². The molecule has 14 heavy (non-hydrogen) atoms. The van der Waals surface area contributed by atoms with Crippen LogP contribution in [0.5, 0.6) is 5.75 Å². The Morgan fingerprint density at radius 3 is 2.64 bits per heavy atom. The number of hydrogen-bond donors (Lipinski definition) is 1. The van der Waals surface area contributed by atoms with Crippen LogP contribution >= 0.6 is 0 Å². The van der Waals surface area contributed by atoms with Gasteiger partial charge in [0.05, 0.1) is 0 Å². The molecule has 0 bridgehead atoms. The van der Waals surface area contributed by atoms with Gasteiger partial charge in [-0.15, -0.1) is 0 Å². The number of aryl methyl sites for hydroxylation is 2. The molecule has 0 saturated heterocycles. The van der Waals surface area contributed by atoms with Crippen LogP contribution < -0.4 is 4.74 Å². The van der Waals surface area contributed by atoms with E-state index in [0.717, 1.165) is 22.4 Å². The molecule has 3 nitrogen and oxygen atoms in total. The number of nitrogens with zero attached hydrogens (tertiary/aromatic N) is 1. The maximum atomic E-state index is 8.81. The fraction of sp³-hybridized carbons (Fsp3) is 0.364. The van der Waals surface area contributed by atoms with Crippen LogP contribution in [0, 0.1) is 20.8 Å². The zero-order chi connectivity index (χ0) is 10.3. The van der Waals surface area contributed by atoms with Gasteiger partial charge in [0.1, 0.15) is 18.1 Å². The highest BCUT2D eigenvalue weighted by Gasteiger charge is 2.24. The van der Waals surface area contributed by atoms with Gasteiger partial charge in [0.15, 0.2) is 0 Å². The molecule has 0 amide bonds. The van der Waals surface area contributed by atoms with E-state index in [1.807, 2.05) is 13.8 Å². The number of fused-ring (bicyclic) bond motifs is 1. The van der Waals surface area contributed by atoms with Gasteiger partial charge in [0, 0.05) is 5.56 Å². The zero-order valence-corrected chi connectivity index (χ0v) is 8.59. The molecule has 0 atom stereocenters. The summed E-state index contributed by atoms with van der Waals surface area (Å²) in [5.74, 6) is 0.871. The quantitative estimate of drug-likeness (QED) is 0.504. The summed E-state index contributed by atoms with van der Waals surface area (Å²) >= 11 is 0. The molecule has 0 radical (unpaired) electrons. The Morgan fingerprint density at radius 2 is 2.00 bits per heavy atom. The van der Waals surface area contributed by atoms with Crippen molar-refractivity contribution in [1.82, 2.24) is 0 Å². The van der Waals surface area contributed by atoms with E-state index in [2.05, 4.69) is 18.1 Å². The Morgan fingerprint density at radius 1 is 1.29 bits per heavy atom. The Labute approximate surface area is 83.0 Å². The number of rotatable bonds is 0. The van der Waals surface area contributed by atoms with Crippen LogP contribution in [0.3, 0.4) is 0 Å². The molecular weight excluding hydrogens is 178 g/mol. The molecule has 3 heteroatoms. The summed E-state index contributed by atoms with van der Waals surface area (Å²) in [4.78, 5) is 0. The number of ether oxygens (including phenoxy) is 1. The van der Waals surface area contributed by atoms with Crippen molar-refractivity contribution in [2.24, 2.45) is 5.16 Å². The molecule has 0 spiro atoms. The van der Waals surface area contributed by atoms with Gasteiger partial charge in [-0.3, -0.25) is 0 Å². The van der Waals surface area contributed by atoms with Crippen LogP contribution in [-0.2, 0) is 0 Å². The topological polar surface area (TPSA) is 41.8 Å². The molecule has 1 aromatic rings. The van der Waals surface area contributed by atoms with E-state index in [0.29, 0.717) is 12.3 Å². The zero-order valence-electron chi connectivity index (χ0n) is 8.59. The van der Waals surface area contributed by atoms with Gasteiger partial charge >= 0.3 is 0 Å². The highest BCUT2D eigenvalue weighted by molar-refractivity contribution is 6.07. The molecule has 0 aliphatic carbocycles. The van der Waals surface area contributed by atoms with Gasteiger partial charge in [0.25, 0.3) is 0 Å². The van der Waals surface area contributed by atoms with Crippen LogP contribution in [-0.4, -0.2) is 17.5 Å². The second-order valence-corrected chi connectivity index (χ2v) is 3.67. The van der Waals surface area contributed by atoms with Crippen molar-refractivity contribution in [3.63, 3.8) is 0 Å². The molecule has 0 fully saturated rings. The Bertz CT molecular complexity index is 422. The van der Waals surface area contributed by atoms with E-state index >= 15 is 0 Å². The summed E-state index contributed by atoms with van der Waals surface area (Å²) < 4.78 is 5.50. The predicted octanol–water partition coefficient (Wildman–Crippen LogP) is 2.18. The number of hydrogen-bond acceptors (Lipinski definition) is 3. The third-order valence-corrected chi connectivity index (χ3v) is 2.75. The van der Waals surface area contributed by atoms with Crippen molar-refractivity contribution in [2.75, 3.05) is 6.61 Å². The first-order chi connectivity index (χ1) is 6.65. The van der Waals surface area contributed by atoms with Gasteiger partial charge in [-0.1, -0.05) is 11.2 Å². The molecule has 0 unspecified atom stereocenters. The Kier molecular flexibility index (Phi) is 1.95. The Balaban J connectivity index is 2.73. The number of oxime groups is 1. The van der Waals surface area contributed by atoms with Gasteiger partial charge in [-0.2, -0.15) is 0 Å². The first kappa shape index (κ1) is 9.06. The second-order valence-electron chi connectivity index (χ2n) is 3.67. The lowest BCUT2D eigenvalue weighted by Gasteiger charge is -2.08. The summed E-state index contributed by atoms with van der Waals surface area (Å²) in [6.07, 6.45) is 0. The van der Waals surface area contributed by atoms with Crippen molar-refractivity contribution in [3.8, 4) is 5.75 Å². The first-order valence-electron chi connectivity index (χ1n) is 4.60. The molecule has 2 rings (SSSR count). The van der Waals surface area contributed by atoms with Crippen molar-refractivity contribution in [2.45, 2.75) is 20.8 Å². The first-order valence-corrected chi connectivity index (χ1v) is 4.60. The molecular formula is C11H13NO2. The SMILES string of the molecule is Cc1cc(C)c2c(c1C)OCC2=NO. The van der Waals surface area contributed by atoms with Gasteiger partial charge in [-0.25, -0.2) is 0 Å². The standard InChI is InChI=1S/C11H13NO2/c1-6-4-7(2)10-9(12-13)5-14-11(10)8(6)3/h4,13H,5H2,1-3H3. The van der Waals surface area contributed by atoms with Crippen LogP contribution in [0.2, 0.25) is 0 Å². The molecule has 1 aliphatic rings. The van der Waals surface area contributed by atoms with Crippen molar-refractivity contribution in [1.29, 1.82) is 0 Å². The van der Waals surface area contributed by atoms with E-state index in [1.165, 1.54) is 5.56 Å². The summed E-state index contributed by atoms with van der Waals surface area (Å²) in [5, 5.41) is 12.1. The minimum absolute atomic E-state index is 0.372. The smallest absolute Gasteiger partial charge is 0.134 e. The highest BCUT2D eigenvalue weighted by Crippen LogP contribution is 2.34. The molecule has 0 aromatic heterocycles. The minimum Gasteiger partial charge on any atom is -0.486 e. The fourth-order valence-corrected chi connectivity index (χ4v) is 1.88. The summed E-state index contributed by atoms with van der Waals surface area (Å²) in [5.41, 5.74) is 5.02. The second kappa shape index (κ2) is 3.01. The predicted molar refractivity (Wildman–Crippen MR) is 54.5 cm³/mol. The normalized spacial score (nSPS) is 16.9. The molecule has 0 saturated carbocycles. The lowest BCUT2D eigenvalue weighted by atomic mass is 9.98. The molecule has 1 N–H and O–H groups in total. The average molecular weight is 191 g/mol. The van der Waals surface area contributed by atoms with Crippen LogP contribution in [0.1, 0.15) is 22.3 Å². The lowest BCUT2D eigenvalue weighted by molar-refractivity contribution is 0.313. The third kappa shape index (κ3) is 1.09. The van der Waals surface area contributed by atoms with Crippen molar-refractivity contribution >= 4 is 5.71 Å². The van der Waals surface area contributed by atoms with Crippen LogP contribution in [0.25, 0.3) is 0 Å². The lowest BCUT2D eigenvalue weighted by Crippen LogP contribution is -2.03. The monoisotopic (exact) mass is 191 g/mol. The average Bonchev–Trinajstić information content (AvgIpc) is 2.58. The van der Waals surface area contributed by atoms with Gasteiger partial charge in [0.2, 0.25) is 0 Å². The Hall–Kier alpha value is -1.51. The van der Waals surface area contributed by atoms with Gasteiger partial charge in [-0.05, 0) is 37.5 Å². The van der Waals surface area contributed by atoms with E-state index < -0.39 is 0 Å². The highest BCUT2D eigenvalue weighted by atomic mass is 16.5. The summed E-state index contributed by atoms with van der Waals surface area (Å²) in [6, 6.07) is 2.09. The molecule has 1 aromatic carbocycles. The summed E-state index contributed by atoms with van der Waals surface area (Å²) in [6.45, 7) is 6.45. The molecule has 74 valence electrons. The maximum absolute atomic E-state index is 8.81. The van der Waals surface area contributed by atoms with E-state index in [1.54, 1.807) is 0 Å². The largest absolute Gasteiger partial charge is 0.486 e. The maximum Gasteiger partial charge on any atom is 0.134 e. The van der Waals surface area contributed by atoms with Crippen molar-refractivity contribution < 1.29 is 9.94 Å². The minimum atomic E-state index is 0.372. The number of benzene rings is 1. The molecule has 1 heterocycles. The van der Waals surface area contributed by atoms with Crippen LogP contribution in [0.4, 0.5) is 0 Å². The van der Waals surface area contributed by atoms with E-state index in [4.69, 9.17) is 9.94 Å². The van der Waals surface area contributed by atoms with E-state index in [9.17, 15) is 0 Å². The van der Waals surface area contributed by atoms with Crippen LogP contribution in [0.15, 0.2) is 11.2 Å². The fourth-order valence-electron chi connectivity index (χ4n) is 1.88. The third-order valence-electron chi connectivity index (χ3n) is 2.75. The summed E-state index contributed by atoms with van der Waals surface area (Å²) in [7, 11) is 0. The van der Waals surface area contributed by atoms with Crippen molar-refractivity contribution in [3.05, 3.63) is 28.3 Å². The van der Waals surface area contributed by atoms with Gasteiger partial charge < -0.3 is 9.94 Å².